The Morgan fingerprint density at radius 3 is 2.48 bits per heavy atom. The van der Waals surface area contributed by atoms with E-state index in [-0.39, 0.29) is 11.9 Å². The van der Waals surface area contributed by atoms with Gasteiger partial charge in [-0.05, 0) is 49.3 Å². The monoisotopic (exact) mass is 389 g/mol. The number of aryl methyl sites for hydroxylation is 1. The molecule has 0 aliphatic carbocycles. The molecular weight excluding hydrogens is 362 g/mol. The summed E-state index contributed by atoms with van der Waals surface area (Å²) in [6.07, 6.45) is 5.33. The molecule has 2 fully saturated rings. The highest BCUT2D eigenvalue weighted by molar-refractivity contribution is 7.91. The highest BCUT2D eigenvalue weighted by Crippen LogP contribution is 2.23. The van der Waals surface area contributed by atoms with Crippen molar-refractivity contribution in [3.63, 3.8) is 0 Å². The van der Waals surface area contributed by atoms with E-state index in [4.69, 9.17) is 0 Å². The summed E-state index contributed by atoms with van der Waals surface area (Å²) in [5, 5.41) is 4.31. The van der Waals surface area contributed by atoms with Crippen LogP contribution in [0.1, 0.15) is 36.0 Å². The van der Waals surface area contributed by atoms with Gasteiger partial charge in [0.05, 0.1) is 11.5 Å². The summed E-state index contributed by atoms with van der Waals surface area (Å²) in [7, 11) is -0.829. The number of amides is 1. The summed E-state index contributed by atoms with van der Waals surface area (Å²) in [5.41, 5.74) is 1.76. The second-order valence-corrected chi connectivity index (χ2v) is 10.2. The third kappa shape index (κ3) is 4.04. The fourth-order valence-electron chi connectivity index (χ4n) is 4.32. The van der Waals surface area contributed by atoms with Crippen LogP contribution < -0.4 is 5.32 Å². The van der Waals surface area contributed by atoms with Crippen LogP contribution in [0.2, 0.25) is 0 Å². The van der Waals surface area contributed by atoms with Crippen LogP contribution in [-0.4, -0.2) is 60.5 Å². The molecule has 0 saturated carbocycles. The maximum Gasteiger partial charge on any atom is 0.251 e. The molecule has 2 aliphatic rings. The van der Waals surface area contributed by atoms with Crippen LogP contribution in [0.5, 0.6) is 0 Å². The van der Waals surface area contributed by atoms with E-state index < -0.39 is 9.84 Å². The normalized spacial score (nSPS) is 22.1. The number of nitrogens with zero attached hydrogens (tertiary/aromatic N) is 2. The number of hydrogen-bond donors (Lipinski definition) is 1. The molecule has 1 N–H and O–H groups in total. The van der Waals surface area contributed by atoms with Crippen molar-refractivity contribution in [1.82, 2.24) is 14.8 Å². The first-order valence-electron chi connectivity index (χ1n) is 9.72. The van der Waals surface area contributed by atoms with E-state index in [2.05, 4.69) is 10.2 Å². The molecule has 2 saturated heterocycles. The van der Waals surface area contributed by atoms with E-state index in [1.807, 2.05) is 42.1 Å². The van der Waals surface area contributed by atoms with Crippen molar-refractivity contribution in [3.05, 3.63) is 36.0 Å². The van der Waals surface area contributed by atoms with Crippen LogP contribution in [0, 0.1) is 0 Å². The van der Waals surface area contributed by atoms with E-state index >= 15 is 0 Å². The second-order valence-electron chi connectivity index (χ2n) is 7.87. The van der Waals surface area contributed by atoms with Gasteiger partial charge in [-0.1, -0.05) is 6.07 Å². The lowest BCUT2D eigenvalue weighted by Crippen LogP contribution is -2.49. The van der Waals surface area contributed by atoms with Crippen molar-refractivity contribution >= 4 is 26.6 Å². The average molecular weight is 390 g/mol. The Morgan fingerprint density at radius 2 is 1.78 bits per heavy atom. The highest BCUT2D eigenvalue weighted by atomic mass is 32.2. The highest BCUT2D eigenvalue weighted by Gasteiger charge is 2.30. The van der Waals surface area contributed by atoms with Gasteiger partial charge in [0.25, 0.3) is 5.91 Å². The first-order valence-corrected chi connectivity index (χ1v) is 11.5. The molecule has 0 atom stereocenters. The van der Waals surface area contributed by atoms with Crippen molar-refractivity contribution in [2.45, 2.75) is 37.8 Å². The van der Waals surface area contributed by atoms with E-state index in [9.17, 15) is 13.2 Å². The molecule has 2 aromatic rings. The van der Waals surface area contributed by atoms with Gasteiger partial charge >= 0.3 is 0 Å². The van der Waals surface area contributed by atoms with E-state index in [1.54, 1.807) is 0 Å². The molecule has 0 unspecified atom stereocenters. The Labute approximate surface area is 160 Å². The maximum atomic E-state index is 12.6. The topological polar surface area (TPSA) is 71.4 Å². The van der Waals surface area contributed by atoms with E-state index in [0.717, 1.165) is 49.7 Å². The molecule has 4 rings (SSSR count). The number of sulfone groups is 1. The molecule has 146 valence electrons. The van der Waals surface area contributed by atoms with E-state index in [0.29, 0.717) is 23.1 Å². The van der Waals surface area contributed by atoms with Crippen molar-refractivity contribution in [2.24, 2.45) is 7.05 Å². The Bertz CT molecular complexity index is 929. The van der Waals surface area contributed by atoms with Gasteiger partial charge in [-0.15, -0.1) is 0 Å². The Kier molecular flexibility index (Phi) is 4.99. The standard InChI is InChI=1S/C20H27N3O3S/c1-22-9-4-15-2-3-16(14-19(15)22)20(24)21-17-5-10-23(11-6-17)18-7-12-27(25,26)13-8-18/h2-4,9,14,17-18H,5-8,10-13H2,1H3,(H,21,24). The predicted octanol–water partition coefficient (Wildman–Crippen LogP) is 1.95. The summed E-state index contributed by atoms with van der Waals surface area (Å²) in [6.45, 7) is 1.85. The summed E-state index contributed by atoms with van der Waals surface area (Å²) in [4.78, 5) is 15.1. The van der Waals surface area contributed by atoms with Crippen LogP contribution in [0.4, 0.5) is 0 Å². The SMILES string of the molecule is Cn1ccc2ccc(C(=O)NC3CCN(C4CCS(=O)(=O)CC4)CC3)cc21. The first kappa shape index (κ1) is 18.5. The molecule has 2 aliphatic heterocycles. The average Bonchev–Trinajstić information content (AvgIpc) is 3.03. The lowest BCUT2D eigenvalue weighted by molar-refractivity contribution is 0.0885. The van der Waals surface area contributed by atoms with Crippen molar-refractivity contribution in [1.29, 1.82) is 0 Å². The molecule has 7 heteroatoms. The number of likely N-dealkylation sites (tertiary alicyclic amines) is 1. The van der Waals surface area contributed by atoms with Crippen molar-refractivity contribution < 1.29 is 13.2 Å². The zero-order chi connectivity index (χ0) is 19.0. The van der Waals surface area contributed by atoms with E-state index in [1.165, 1.54) is 0 Å². The quantitative estimate of drug-likeness (QED) is 0.871. The lowest BCUT2D eigenvalue weighted by atomic mass is 10.0. The van der Waals surface area contributed by atoms with Gasteiger partial charge in [0, 0.05) is 49.5 Å². The van der Waals surface area contributed by atoms with Gasteiger partial charge in [-0.3, -0.25) is 4.79 Å². The third-order valence-corrected chi connectivity index (χ3v) is 7.77. The van der Waals surface area contributed by atoms with Crippen molar-refractivity contribution in [2.75, 3.05) is 24.6 Å². The predicted molar refractivity (Wildman–Crippen MR) is 107 cm³/mol. The number of carbonyl (C=O) groups is 1. The molecular formula is C20H27N3O3S. The Hall–Kier alpha value is -1.86. The minimum atomic E-state index is -2.81. The molecule has 1 aromatic carbocycles. The summed E-state index contributed by atoms with van der Waals surface area (Å²) >= 11 is 0. The summed E-state index contributed by atoms with van der Waals surface area (Å²) in [5.74, 6) is 0.617. The fourth-order valence-corrected chi connectivity index (χ4v) is 5.79. The number of fused-ring (bicyclic) bond motifs is 1. The van der Waals surface area contributed by atoms with Gasteiger partial charge < -0.3 is 14.8 Å². The number of aromatic nitrogens is 1. The molecule has 0 spiro atoms. The van der Waals surface area contributed by atoms with Crippen LogP contribution in [0.25, 0.3) is 10.9 Å². The Balaban J connectivity index is 1.32. The van der Waals surface area contributed by atoms with Gasteiger partial charge in [-0.25, -0.2) is 8.42 Å². The molecule has 0 radical (unpaired) electrons. The minimum Gasteiger partial charge on any atom is -0.351 e. The number of rotatable bonds is 3. The molecule has 1 amide bonds. The van der Waals surface area contributed by atoms with Crippen LogP contribution in [-0.2, 0) is 16.9 Å². The van der Waals surface area contributed by atoms with Crippen LogP contribution >= 0.6 is 0 Å². The third-order valence-electron chi connectivity index (χ3n) is 6.06. The zero-order valence-corrected chi connectivity index (χ0v) is 16.5. The molecule has 1 aromatic heterocycles. The summed E-state index contributed by atoms with van der Waals surface area (Å²) < 4.78 is 25.2. The minimum absolute atomic E-state index is 0.0136. The van der Waals surface area contributed by atoms with Crippen LogP contribution in [0.15, 0.2) is 30.5 Å². The molecule has 6 nitrogen and oxygen atoms in total. The first-order chi connectivity index (χ1) is 12.9. The number of benzene rings is 1. The largest absolute Gasteiger partial charge is 0.351 e. The smallest absolute Gasteiger partial charge is 0.251 e. The number of piperidine rings is 1. The van der Waals surface area contributed by atoms with Gasteiger partial charge in [0.2, 0.25) is 0 Å². The maximum absolute atomic E-state index is 12.6. The van der Waals surface area contributed by atoms with Gasteiger partial charge in [-0.2, -0.15) is 0 Å². The van der Waals surface area contributed by atoms with Gasteiger partial charge in [0.15, 0.2) is 0 Å². The number of hydrogen-bond acceptors (Lipinski definition) is 4. The molecule has 3 heterocycles. The van der Waals surface area contributed by atoms with Crippen molar-refractivity contribution in [3.8, 4) is 0 Å². The molecule has 0 bridgehead atoms. The summed E-state index contributed by atoms with van der Waals surface area (Å²) in [6, 6.07) is 8.43. The zero-order valence-electron chi connectivity index (χ0n) is 15.7. The number of carbonyl (C=O) groups excluding carboxylic acids is 1. The molecule has 27 heavy (non-hydrogen) atoms. The Morgan fingerprint density at radius 1 is 1.07 bits per heavy atom. The van der Waals surface area contributed by atoms with Gasteiger partial charge in [0.1, 0.15) is 9.84 Å². The fraction of sp³-hybridized carbons (Fsp3) is 0.550. The second kappa shape index (κ2) is 7.28. The number of nitrogens with one attached hydrogen (secondary N) is 1. The lowest BCUT2D eigenvalue weighted by Gasteiger charge is -2.39. The van der Waals surface area contributed by atoms with Crippen LogP contribution in [0.3, 0.4) is 0 Å².